The van der Waals surface area contributed by atoms with E-state index in [9.17, 15) is 0 Å². The van der Waals surface area contributed by atoms with Crippen LogP contribution in [0.5, 0.6) is 0 Å². The lowest BCUT2D eigenvalue weighted by Crippen LogP contribution is -2.28. The van der Waals surface area contributed by atoms with Gasteiger partial charge in [0.05, 0.1) is 0 Å². The van der Waals surface area contributed by atoms with Gasteiger partial charge in [0.15, 0.2) is 0 Å². The SMILES string of the molecule is CC1(C)CCCNS1. The molecule has 1 saturated heterocycles. The zero-order valence-corrected chi connectivity index (χ0v) is 6.35. The summed E-state index contributed by atoms with van der Waals surface area (Å²) in [6.07, 6.45) is 2.69. The minimum Gasteiger partial charge on any atom is -0.264 e. The Morgan fingerprint density at radius 3 is 2.50 bits per heavy atom. The van der Waals surface area contributed by atoms with Crippen LogP contribution in [0.4, 0.5) is 0 Å². The number of nitrogens with one attached hydrogen (secondary N) is 1. The molecule has 2 heteroatoms. The van der Waals surface area contributed by atoms with Crippen LogP contribution in [0.25, 0.3) is 0 Å². The maximum absolute atomic E-state index is 3.29. The third kappa shape index (κ3) is 1.67. The Hall–Kier alpha value is 0.310. The van der Waals surface area contributed by atoms with Gasteiger partial charge in [-0.3, -0.25) is 4.72 Å². The molecule has 1 nitrogen and oxygen atoms in total. The molecule has 8 heavy (non-hydrogen) atoms. The quantitative estimate of drug-likeness (QED) is 0.503. The van der Waals surface area contributed by atoms with E-state index in [0.29, 0.717) is 4.75 Å². The van der Waals surface area contributed by atoms with Crippen LogP contribution >= 0.6 is 11.9 Å². The molecule has 1 fully saturated rings. The minimum absolute atomic E-state index is 0.484. The van der Waals surface area contributed by atoms with Crippen LogP contribution in [0, 0.1) is 0 Å². The summed E-state index contributed by atoms with van der Waals surface area (Å²) in [6.45, 7) is 5.75. The van der Waals surface area contributed by atoms with Crippen molar-refractivity contribution in [2.75, 3.05) is 6.54 Å². The summed E-state index contributed by atoms with van der Waals surface area (Å²) in [4.78, 5) is 0. The molecule has 0 saturated carbocycles. The molecule has 0 aromatic carbocycles. The van der Waals surface area contributed by atoms with E-state index in [4.69, 9.17) is 0 Å². The van der Waals surface area contributed by atoms with Crippen LogP contribution in [-0.4, -0.2) is 11.3 Å². The first-order valence-electron chi connectivity index (χ1n) is 3.12. The fraction of sp³-hybridized carbons (Fsp3) is 1.00. The molecular weight excluding hydrogens is 118 g/mol. The maximum atomic E-state index is 3.29. The van der Waals surface area contributed by atoms with Crippen molar-refractivity contribution < 1.29 is 0 Å². The van der Waals surface area contributed by atoms with Crippen LogP contribution < -0.4 is 4.72 Å². The van der Waals surface area contributed by atoms with E-state index in [1.165, 1.54) is 19.4 Å². The smallest absolute Gasteiger partial charge is 0.0249 e. The fourth-order valence-corrected chi connectivity index (χ4v) is 1.77. The molecule has 48 valence electrons. The highest BCUT2D eigenvalue weighted by molar-refractivity contribution is 7.98. The molecule has 0 atom stereocenters. The molecule has 1 aliphatic rings. The predicted molar refractivity (Wildman–Crippen MR) is 38.9 cm³/mol. The molecule has 0 spiro atoms. The van der Waals surface area contributed by atoms with Crippen LogP contribution in [0.2, 0.25) is 0 Å². The van der Waals surface area contributed by atoms with Crippen molar-refractivity contribution in [3.05, 3.63) is 0 Å². The first-order chi connectivity index (χ1) is 3.71. The average molecular weight is 131 g/mol. The van der Waals surface area contributed by atoms with E-state index in [2.05, 4.69) is 18.6 Å². The van der Waals surface area contributed by atoms with Crippen LogP contribution in [0.3, 0.4) is 0 Å². The van der Waals surface area contributed by atoms with E-state index >= 15 is 0 Å². The lowest BCUT2D eigenvalue weighted by atomic mass is 10.1. The van der Waals surface area contributed by atoms with Gasteiger partial charge in [-0.1, -0.05) is 11.9 Å². The van der Waals surface area contributed by atoms with Gasteiger partial charge in [0, 0.05) is 11.3 Å². The van der Waals surface area contributed by atoms with Crippen molar-refractivity contribution in [2.45, 2.75) is 31.4 Å². The maximum Gasteiger partial charge on any atom is 0.0249 e. The summed E-state index contributed by atoms with van der Waals surface area (Å²) in [5, 5.41) is 0. The molecule has 0 bridgehead atoms. The summed E-state index contributed by atoms with van der Waals surface area (Å²) in [6, 6.07) is 0. The van der Waals surface area contributed by atoms with Gasteiger partial charge < -0.3 is 0 Å². The summed E-state index contributed by atoms with van der Waals surface area (Å²) >= 11 is 1.87. The third-order valence-electron chi connectivity index (χ3n) is 1.41. The molecule has 1 heterocycles. The second kappa shape index (κ2) is 2.28. The molecule has 1 N–H and O–H groups in total. The average Bonchev–Trinajstić information content (AvgIpc) is 1.65. The standard InChI is InChI=1S/C6H13NS/c1-6(2)4-3-5-7-8-6/h7H,3-5H2,1-2H3. The van der Waals surface area contributed by atoms with Gasteiger partial charge in [-0.05, 0) is 26.7 Å². The first kappa shape index (κ1) is 6.43. The van der Waals surface area contributed by atoms with Gasteiger partial charge in [-0.2, -0.15) is 0 Å². The van der Waals surface area contributed by atoms with Crippen LogP contribution in [0.15, 0.2) is 0 Å². The Kier molecular flexibility index (Phi) is 1.83. The summed E-state index contributed by atoms with van der Waals surface area (Å²) < 4.78 is 3.78. The van der Waals surface area contributed by atoms with Crippen molar-refractivity contribution in [2.24, 2.45) is 0 Å². The highest BCUT2D eigenvalue weighted by Gasteiger charge is 2.20. The highest BCUT2D eigenvalue weighted by atomic mass is 32.2. The van der Waals surface area contributed by atoms with E-state index in [-0.39, 0.29) is 0 Å². The molecule has 0 amide bonds. The van der Waals surface area contributed by atoms with Gasteiger partial charge in [-0.15, -0.1) is 0 Å². The number of rotatable bonds is 0. The van der Waals surface area contributed by atoms with Crippen molar-refractivity contribution in [3.63, 3.8) is 0 Å². The normalized spacial score (nSPS) is 27.8. The predicted octanol–water partition coefficient (Wildman–Crippen LogP) is 1.80. The molecule has 0 aliphatic carbocycles. The van der Waals surface area contributed by atoms with E-state index in [1.807, 2.05) is 11.9 Å². The molecule has 0 aromatic rings. The molecule has 0 radical (unpaired) electrons. The van der Waals surface area contributed by atoms with Gasteiger partial charge in [-0.25, -0.2) is 0 Å². The Morgan fingerprint density at radius 1 is 1.50 bits per heavy atom. The Balaban J connectivity index is 2.33. The van der Waals surface area contributed by atoms with Crippen LogP contribution in [0.1, 0.15) is 26.7 Å². The van der Waals surface area contributed by atoms with Crippen molar-refractivity contribution in [1.29, 1.82) is 0 Å². The van der Waals surface area contributed by atoms with Gasteiger partial charge in [0.25, 0.3) is 0 Å². The summed E-state index contributed by atoms with van der Waals surface area (Å²) in [5.74, 6) is 0. The van der Waals surface area contributed by atoms with Crippen LogP contribution in [-0.2, 0) is 0 Å². The number of hydrogen-bond acceptors (Lipinski definition) is 2. The summed E-state index contributed by atoms with van der Waals surface area (Å²) in [5.41, 5.74) is 0. The Labute approximate surface area is 55.4 Å². The second-order valence-corrected chi connectivity index (χ2v) is 4.46. The monoisotopic (exact) mass is 131 g/mol. The Morgan fingerprint density at radius 2 is 2.25 bits per heavy atom. The highest BCUT2D eigenvalue weighted by Crippen LogP contribution is 2.29. The third-order valence-corrected chi connectivity index (χ3v) is 2.51. The van der Waals surface area contributed by atoms with E-state index in [0.717, 1.165) is 0 Å². The zero-order chi connectivity index (χ0) is 6.04. The van der Waals surface area contributed by atoms with E-state index in [1.54, 1.807) is 0 Å². The zero-order valence-electron chi connectivity index (χ0n) is 5.53. The molecule has 1 aliphatic heterocycles. The molecular formula is C6H13NS. The second-order valence-electron chi connectivity index (χ2n) is 2.86. The van der Waals surface area contributed by atoms with Crippen molar-refractivity contribution >= 4 is 11.9 Å². The topological polar surface area (TPSA) is 12.0 Å². The molecule has 1 rings (SSSR count). The summed E-state index contributed by atoms with van der Waals surface area (Å²) in [7, 11) is 0. The van der Waals surface area contributed by atoms with Gasteiger partial charge in [0.1, 0.15) is 0 Å². The van der Waals surface area contributed by atoms with Crippen molar-refractivity contribution in [1.82, 2.24) is 4.72 Å². The fourth-order valence-electron chi connectivity index (χ4n) is 0.884. The van der Waals surface area contributed by atoms with Gasteiger partial charge in [0.2, 0.25) is 0 Å². The molecule has 0 unspecified atom stereocenters. The van der Waals surface area contributed by atoms with E-state index < -0.39 is 0 Å². The minimum atomic E-state index is 0.484. The number of hydrogen-bond donors (Lipinski definition) is 1. The molecule has 0 aromatic heterocycles. The van der Waals surface area contributed by atoms with Crippen molar-refractivity contribution in [3.8, 4) is 0 Å². The lowest BCUT2D eigenvalue weighted by molar-refractivity contribution is 0.569. The lowest BCUT2D eigenvalue weighted by Gasteiger charge is -2.28. The largest absolute Gasteiger partial charge is 0.264 e. The van der Waals surface area contributed by atoms with Gasteiger partial charge >= 0.3 is 0 Å². The first-order valence-corrected chi connectivity index (χ1v) is 3.93. The Bertz CT molecular complexity index is 72.6.